The summed E-state index contributed by atoms with van der Waals surface area (Å²) in [5.74, 6) is -0.888. The average molecular weight is 252 g/mol. The van der Waals surface area contributed by atoms with E-state index in [1.807, 2.05) is 26.8 Å². The molecule has 1 aliphatic rings. The number of carbonyl (C=O) groups is 2. The van der Waals surface area contributed by atoms with Gasteiger partial charge >= 0.3 is 11.9 Å². The van der Waals surface area contributed by atoms with Crippen LogP contribution in [0.15, 0.2) is 23.3 Å². The largest absolute Gasteiger partial charge is 0.468 e. The number of allylic oxidation sites excluding steroid dienone is 3. The Labute approximate surface area is 108 Å². The van der Waals surface area contributed by atoms with E-state index in [1.54, 1.807) is 6.08 Å². The van der Waals surface area contributed by atoms with E-state index in [0.29, 0.717) is 6.42 Å². The number of rotatable bonds is 3. The standard InChI is InChI=1S/C14H20O4/c1-6-10-7-14(12(15)17-4,13(16)18-5)8-11(10)9(2)3/h6,8-9H,7H2,1-5H3/b10-6+. The second-order valence-electron chi connectivity index (χ2n) is 4.70. The highest BCUT2D eigenvalue weighted by Gasteiger charge is 2.51. The Bertz CT molecular complexity index is 400. The van der Waals surface area contributed by atoms with Crippen molar-refractivity contribution in [1.82, 2.24) is 0 Å². The molecule has 18 heavy (non-hydrogen) atoms. The van der Waals surface area contributed by atoms with Crippen molar-refractivity contribution in [3.05, 3.63) is 23.3 Å². The molecule has 100 valence electrons. The molecular formula is C14H20O4. The first-order valence-corrected chi connectivity index (χ1v) is 5.98. The van der Waals surface area contributed by atoms with Crippen LogP contribution in [0.25, 0.3) is 0 Å². The molecule has 0 heterocycles. The maximum absolute atomic E-state index is 12.0. The summed E-state index contributed by atoms with van der Waals surface area (Å²) in [5, 5.41) is 0. The maximum Gasteiger partial charge on any atom is 0.327 e. The average Bonchev–Trinajstić information content (AvgIpc) is 2.77. The van der Waals surface area contributed by atoms with Crippen LogP contribution < -0.4 is 0 Å². The zero-order valence-corrected chi connectivity index (χ0v) is 11.6. The van der Waals surface area contributed by atoms with Gasteiger partial charge in [0, 0.05) is 6.42 Å². The fourth-order valence-corrected chi connectivity index (χ4v) is 2.33. The fourth-order valence-electron chi connectivity index (χ4n) is 2.33. The van der Waals surface area contributed by atoms with Crippen LogP contribution in [0.3, 0.4) is 0 Å². The van der Waals surface area contributed by atoms with Gasteiger partial charge in [-0.1, -0.05) is 26.0 Å². The first-order chi connectivity index (χ1) is 8.42. The molecule has 0 saturated heterocycles. The second kappa shape index (κ2) is 5.38. The summed E-state index contributed by atoms with van der Waals surface area (Å²) in [6, 6.07) is 0. The lowest BCUT2D eigenvalue weighted by molar-refractivity contribution is -0.164. The smallest absolute Gasteiger partial charge is 0.327 e. The van der Waals surface area contributed by atoms with Crippen molar-refractivity contribution in [3.8, 4) is 0 Å². The first kappa shape index (κ1) is 14.5. The third-order valence-corrected chi connectivity index (χ3v) is 3.31. The zero-order chi connectivity index (χ0) is 13.9. The van der Waals surface area contributed by atoms with E-state index in [4.69, 9.17) is 9.47 Å². The molecule has 0 aliphatic heterocycles. The highest BCUT2D eigenvalue weighted by molar-refractivity contribution is 6.04. The number of methoxy groups -OCH3 is 2. The van der Waals surface area contributed by atoms with Crippen molar-refractivity contribution in [1.29, 1.82) is 0 Å². The Morgan fingerprint density at radius 1 is 1.28 bits per heavy atom. The quantitative estimate of drug-likeness (QED) is 0.571. The van der Waals surface area contributed by atoms with Crippen molar-refractivity contribution < 1.29 is 19.1 Å². The molecule has 4 nitrogen and oxygen atoms in total. The molecule has 0 aromatic heterocycles. The number of ether oxygens (including phenoxy) is 2. The molecule has 0 saturated carbocycles. The van der Waals surface area contributed by atoms with Gasteiger partial charge in [-0.2, -0.15) is 0 Å². The van der Waals surface area contributed by atoms with E-state index in [-0.39, 0.29) is 5.92 Å². The molecule has 0 bridgehead atoms. The SMILES string of the molecule is C/C=C1\CC(C(=O)OC)(C(=O)OC)C=C1C(C)C. The molecule has 0 radical (unpaired) electrons. The highest BCUT2D eigenvalue weighted by Crippen LogP contribution is 2.44. The van der Waals surface area contributed by atoms with Crippen molar-refractivity contribution in [2.24, 2.45) is 11.3 Å². The third-order valence-electron chi connectivity index (χ3n) is 3.31. The molecule has 0 aromatic carbocycles. The molecule has 0 amide bonds. The van der Waals surface area contributed by atoms with Crippen LogP contribution >= 0.6 is 0 Å². The summed E-state index contributed by atoms with van der Waals surface area (Å²) in [7, 11) is 2.56. The lowest BCUT2D eigenvalue weighted by Crippen LogP contribution is -2.38. The van der Waals surface area contributed by atoms with Crippen LogP contribution in [-0.4, -0.2) is 26.2 Å². The molecular weight excluding hydrogens is 232 g/mol. The number of hydrogen-bond donors (Lipinski definition) is 0. The Morgan fingerprint density at radius 3 is 2.06 bits per heavy atom. The van der Waals surface area contributed by atoms with Crippen LogP contribution in [0.1, 0.15) is 27.2 Å². The lowest BCUT2D eigenvalue weighted by Gasteiger charge is -2.20. The summed E-state index contributed by atoms with van der Waals surface area (Å²) in [5.41, 5.74) is 0.694. The number of carbonyl (C=O) groups excluding carboxylic acids is 2. The van der Waals surface area contributed by atoms with Gasteiger partial charge in [-0.15, -0.1) is 0 Å². The zero-order valence-electron chi connectivity index (χ0n) is 11.6. The van der Waals surface area contributed by atoms with Gasteiger partial charge in [0.1, 0.15) is 0 Å². The van der Waals surface area contributed by atoms with Gasteiger partial charge in [-0.25, -0.2) is 0 Å². The molecule has 0 atom stereocenters. The molecule has 1 aliphatic carbocycles. The highest BCUT2D eigenvalue weighted by atomic mass is 16.5. The Morgan fingerprint density at radius 2 is 1.78 bits per heavy atom. The summed E-state index contributed by atoms with van der Waals surface area (Å²) in [6.45, 7) is 5.95. The minimum absolute atomic E-state index is 0.243. The van der Waals surface area contributed by atoms with E-state index in [1.165, 1.54) is 14.2 Å². The van der Waals surface area contributed by atoms with Crippen LogP contribution in [-0.2, 0) is 19.1 Å². The molecule has 0 spiro atoms. The first-order valence-electron chi connectivity index (χ1n) is 5.98. The summed E-state index contributed by atoms with van der Waals surface area (Å²) in [6.07, 6.45) is 3.94. The third kappa shape index (κ3) is 2.19. The maximum atomic E-state index is 12.0. The predicted molar refractivity (Wildman–Crippen MR) is 67.8 cm³/mol. The van der Waals surface area contributed by atoms with Crippen molar-refractivity contribution in [3.63, 3.8) is 0 Å². The van der Waals surface area contributed by atoms with E-state index < -0.39 is 17.4 Å². The Hall–Kier alpha value is -1.58. The van der Waals surface area contributed by atoms with Gasteiger partial charge in [-0.3, -0.25) is 9.59 Å². The Kier molecular flexibility index (Phi) is 4.33. The monoisotopic (exact) mass is 252 g/mol. The second-order valence-corrected chi connectivity index (χ2v) is 4.70. The summed E-state index contributed by atoms with van der Waals surface area (Å²) >= 11 is 0. The van der Waals surface area contributed by atoms with Crippen molar-refractivity contribution in [2.45, 2.75) is 27.2 Å². The van der Waals surface area contributed by atoms with E-state index >= 15 is 0 Å². The number of hydrogen-bond acceptors (Lipinski definition) is 4. The van der Waals surface area contributed by atoms with Crippen molar-refractivity contribution in [2.75, 3.05) is 14.2 Å². The van der Waals surface area contributed by atoms with Gasteiger partial charge < -0.3 is 9.47 Å². The fraction of sp³-hybridized carbons (Fsp3) is 0.571. The molecule has 4 heteroatoms. The van der Waals surface area contributed by atoms with E-state index in [9.17, 15) is 9.59 Å². The van der Waals surface area contributed by atoms with Crippen LogP contribution in [0.2, 0.25) is 0 Å². The van der Waals surface area contributed by atoms with E-state index in [2.05, 4.69) is 0 Å². The van der Waals surface area contributed by atoms with Crippen LogP contribution in [0, 0.1) is 11.3 Å². The lowest BCUT2D eigenvalue weighted by atomic mass is 9.87. The van der Waals surface area contributed by atoms with Crippen LogP contribution in [0.5, 0.6) is 0 Å². The van der Waals surface area contributed by atoms with Gasteiger partial charge in [0.15, 0.2) is 5.41 Å². The topological polar surface area (TPSA) is 52.6 Å². The minimum atomic E-state index is -1.31. The van der Waals surface area contributed by atoms with Gasteiger partial charge in [-0.05, 0) is 24.0 Å². The Balaban J connectivity index is 3.32. The summed E-state index contributed by atoms with van der Waals surface area (Å²) < 4.78 is 9.54. The van der Waals surface area contributed by atoms with Crippen LogP contribution in [0.4, 0.5) is 0 Å². The van der Waals surface area contributed by atoms with Gasteiger partial charge in [0.2, 0.25) is 0 Å². The minimum Gasteiger partial charge on any atom is -0.468 e. The molecule has 0 aromatic rings. The summed E-state index contributed by atoms with van der Waals surface area (Å²) in [4.78, 5) is 23.9. The molecule has 0 unspecified atom stereocenters. The van der Waals surface area contributed by atoms with Gasteiger partial charge in [0.05, 0.1) is 14.2 Å². The molecule has 0 N–H and O–H groups in total. The van der Waals surface area contributed by atoms with Crippen molar-refractivity contribution >= 4 is 11.9 Å². The van der Waals surface area contributed by atoms with Gasteiger partial charge in [0.25, 0.3) is 0 Å². The predicted octanol–water partition coefficient (Wildman–Crippen LogP) is 2.25. The number of esters is 2. The van der Waals surface area contributed by atoms with E-state index in [0.717, 1.165) is 11.1 Å². The molecule has 1 rings (SSSR count). The molecule has 0 fully saturated rings. The normalized spacial score (nSPS) is 19.9.